The van der Waals surface area contributed by atoms with Crippen molar-refractivity contribution in [2.45, 2.75) is 52.5 Å². The van der Waals surface area contributed by atoms with Crippen LogP contribution in [-0.2, 0) is 0 Å². The normalized spacial score (nSPS) is 14.1. The zero-order valence-electron chi connectivity index (χ0n) is 7.56. The SMILES string of the molecule is CCCC(CCC)[C@@H](C)N. The first-order valence-corrected chi connectivity index (χ1v) is 4.47. The average Bonchev–Trinajstić information content (AvgIpc) is 1.87. The van der Waals surface area contributed by atoms with Gasteiger partial charge in [-0.05, 0) is 25.7 Å². The maximum Gasteiger partial charge on any atom is 0.00387 e. The van der Waals surface area contributed by atoms with Crippen LogP contribution in [0.3, 0.4) is 0 Å². The maximum absolute atomic E-state index is 5.81. The van der Waals surface area contributed by atoms with Gasteiger partial charge in [-0.25, -0.2) is 0 Å². The molecule has 0 rings (SSSR count). The summed E-state index contributed by atoms with van der Waals surface area (Å²) in [6.45, 7) is 6.58. The van der Waals surface area contributed by atoms with E-state index in [9.17, 15) is 0 Å². The van der Waals surface area contributed by atoms with Crippen molar-refractivity contribution in [2.24, 2.45) is 11.7 Å². The predicted octanol–water partition coefficient (Wildman–Crippen LogP) is 2.55. The van der Waals surface area contributed by atoms with Gasteiger partial charge in [-0.1, -0.05) is 26.7 Å². The molecule has 1 nitrogen and oxygen atoms in total. The Morgan fingerprint density at radius 2 is 1.50 bits per heavy atom. The molecule has 0 aromatic rings. The molecule has 0 bridgehead atoms. The smallest absolute Gasteiger partial charge is 0.00387 e. The highest BCUT2D eigenvalue weighted by atomic mass is 14.6. The van der Waals surface area contributed by atoms with E-state index >= 15 is 0 Å². The Hall–Kier alpha value is -0.0400. The zero-order valence-corrected chi connectivity index (χ0v) is 7.56. The summed E-state index contributed by atoms with van der Waals surface area (Å²) in [6, 6.07) is 0.389. The Bertz CT molecular complexity index is 63.1. The van der Waals surface area contributed by atoms with Gasteiger partial charge < -0.3 is 5.73 Å². The van der Waals surface area contributed by atoms with Gasteiger partial charge >= 0.3 is 0 Å². The molecule has 2 N–H and O–H groups in total. The van der Waals surface area contributed by atoms with E-state index in [1.807, 2.05) is 0 Å². The minimum Gasteiger partial charge on any atom is -0.328 e. The Kier molecular flexibility index (Phi) is 5.70. The molecule has 0 fully saturated rings. The van der Waals surface area contributed by atoms with E-state index in [4.69, 9.17) is 5.73 Å². The van der Waals surface area contributed by atoms with Crippen LogP contribution in [0.2, 0.25) is 0 Å². The fourth-order valence-corrected chi connectivity index (χ4v) is 1.41. The molecule has 0 radical (unpaired) electrons. The highest BCUT2D eigenvalue weighted by Crippen LogP contribution is 2.15. The van der Waals surface area contributed by atoms with E-state index in [0.717, 1.165) is 5.92 Å². The molecule has 0 aromatic carbocycles. The minimum absolute atomic E-state index is 0.389. The second kappa shape index (κ2) is 5.72. The van der Waals surface area contributed by atoms with Gasteiger partial charge in [0, 0.05) is 6.04 Å². The van der Waals surface area contributed by atoms with Crippen molar-refractivity contribution >= 4 is 0 Å². The van der Waals surface area contributed by atoms with E-state index < -0.39 is 0 Å². The van der Waals surface area contributed by atoms with Crippen molar-refractivity contribution in [3.8, 4) is 0 Å². The van der Waals surface area contributed by atoms with Gasteiger partial charge in [0.2, 0.25) is 0 Å². The van der Waals surface area contributed by atoms with E-state index in [2.05, 4.69) is 20.8 Å². The monoisotopic (exact) mass is 143 g/mol. The Balaban J connectivity index is 3.50. The molecule has 0 heterocycles. The van der Waals surface area contributed by atoms with Crippen molar-refractivity contribution in [2.75, 3.05) is 0 Å². The van der Waals surface area contributed by atoms with Gasteiger partial charge in [-0.3, -0.25) is 0 Å². The lowest BCUT2D eigenvalue weighted by Crippen LogP contribution is -2.26. The van der Waals surface area contributed by atoms with Crippen LogP contribution in [0.25, 0.3) is 0 Å². The number of nitrogens with two attached hydrogens (primary N) is 1. The van der Waals surface area contributed by atoms with Gasteiger partial charge in [0.05, 0.1) is 0 Å². The Labute approximate surface area is 65.0 Å². The van der Waals surface area contributed by atoms with Gasteiger partial charge in [0.15, 0.2) is 0 Å². The average molecular weight is 143 g/mol. The molecule has 0 saturated carbocycles. The third-order valence-corrected chi connectivity index (χ3v) is 2.06. The van der Waals surface area contributed by atoms with Gasteiger partial charge in [0.25, 0.3) is 0 Å². The van der Waals surface area contributed by atoms with Crippen LogP contribution >= 0.6 is 0 Å². The van der Waals surface area contributed by atoms with Crippen LogP contribution in [0.5, 0.6) is 0 Å². The van der Waals surface area contributed by atoms with Crippen molar-refractivity contribution in [3.05, 3.63) is 0 Å². The maximum atomic E-state index is 5.81. The van der Waals surface area contributed by atoms with E-state index in [0.29, 0.717) is 6.04 Å². The molecule has 1 atom stereocenters. The number of rotatable bonds is 5. The molecule has 0 aliphatic heterocycles. The zero-order chi connectivity index (χ0) is 7.98. The van der Waals surface area contributed by atoms with Crippen LogP contribution in [0.1, 0.15) is 46.5 Å². The molecular formula is C9H21N. The van der Waals surface area contributed by atoms with Crippen LogP contribution in [0.4, 0.5) is 0 Å². The lowest BCUT2D eigenvalue weighted by molar-refractivity contribution is 0.379. The third-order valence-electron chi connectivity index (χ3n) is 2.06. The first kappa shape index (κ1) is 9.96. The fraction of sp³-hybridized carbons (Fsp3) is 1.00. The van der Waals surface area contributed by atoms with Crippen LogP contribution in [0.15, 0.2) is 0 Å². The second-order valence-corrected chi connectivity index (χ2v) is 3.20. The molecule has 1 heteroatoms. The van der Waals surface area contributed by atoms with Gasteiger partial charge in [-0.2, -0.15) is 0 Å². The summed E-state index contributed by atoms with van der Waals surface area (Å²) in [5.74, 6) is 0.759. The first-order chi connectivity index (χ1) is 4.72. The molecule has 10 heavy (non-hydrogen) atoms. The van der Waals surface area contributed by atoms with E-state index in [1.165, 1.54) is 25.7 Å². The Morgan fingerprint density at radius 1 is 1.10 bits per heavy atom. The third kappa shape index (κ3) is 3.89. The van der Waals surface area contributed by atoms with Crippen LogP contribution in [-0.4, -0.2) is 6.04 Å². The fourth-order valence-electron chi connectivity index (χ4n) is 1.41. The highest BCUT2D eigenvalue weighted by Gasteiger charge is 2.10. The minimum atomic E-state index is 0.389. The molecule has 0 amide bonds. The van der Waals surface area contributed by atoms with Crippen molar-refractivity contribution in [3.63, 3.8) is 0 Å². The first-order valence-electron chi connectivity index (χ1n) is 4.47. The summed E-state index contributed by atoms with van der Waals surface area (Å²) in [4.78, 5) is 0. The molecule has 0 saturated heterocycles. The lowest BCUT2D eigenvalue weighted by atomic mass is 9.92. The van der Waals surface area contributed by atoms with Crippen molar-refractivity contribution in [1.29, 1.82) is 0 Å². The molecule has 0 aliphatic rings. The van der Waals surface area contributed by atoms with Crippen molar-refractivity contribution < 1.29 is 0 Å². The van der Waals surface area contributed by atoms with Gasteiger partial charge in [-0.15, -0.1) is 0 Å². The number of hydrogen-bond donors (Lipinski definition) is 1. The molecular weight excluding hydrogens is 122 g/mol. The largest absolute Gasteiger partial charge is 0.328 e. The lowest BCUT2D eigenvalue weighted by Gasteiger charge is -2.18. The summed E-state index contributed by atoms with van der Waals surface area (Å²) in [7, 11) is 0. The van der Waals surface area contributed by atoms with E-state index in [-0.39, 0.29) is 0 Å². The number of hydrogen-bond acceptors (Lipinski definition) is 1. The summed E-state index contributed by atoms with van der Waals surface area (Å²) < 4.78 is 0. The van der Waals surface area contributed by atoms with Gasteiger partial charge in [0.1, 0.15) is 0 Å². The molecule has 0 aromatic heterocycles. The summed E-state index contributed by atoms with van der Waals surface area (Å²) in [5.41, 5.74) is 5.81. The standard InChI is InChI=1S/C9H21N/c1-4-6-9(7-5-2)8(3)10/h8-9H,4-7,10H2,1-3H3/t8-/m1/s1. The summed E-state index contributed by atoms with van der Waals surface area (Å²) in [5, 5.41) is 0. The Morgan fingerprint density at radius 3 is 1.70 bits per heavy atom. The molecule has 0 spiro atoms. The highest BCUT2D eigenvalue weighted by molar-refractivity contribution is 4.67. The molecule has 0 unspecified atom stereocenters. The quantitative estimate of drug-likeness (QED) is 0.629. The topological polar surface area (TPSA) is 26.0 Å². The molecule has 62 valence electrons. The summed E-state index contributed by atoms with van der Waals surface area (Å²) in [6.07, 6.45) is 5.13. The predicted molar refractivity (Wildman–Crippen MR) is 47.0 cm³/mol. The van der Waals surface area contributed by atoms with E-state index in [1.54, 1.807) is 0 Å². The van der Waals surface area contributed by atoms with Crippen LogP contribution < -0.4 is 5.73 Å². The second-order valence-electron chi connectivity index (χ2n) is 3.20. The summed E-state index contributed by atoms with van der Waals surface area (Å²) >= 11 is 0. The van der Waals surface area contributed by atoms with Crippen molar-refractivity contribution in [1.82, 2.24) is 0 Å². The molecule has 0 aliphatic carbocycles. The van der Waals surface area contributed by atoms with Crippen LogP contribution in [0, 0.1) is 5.92 Å².